The van der Waals surface area contributed by atoms with Crippen molar-refractivity contribution in [2.45, 2.75) is 0 Å². The number of guanidine groups is 1. The zero-order valence-corrected chi connectivity index (χ0v) is 8.10. The van der Waals surface area contributed by atoms with E-state index < -0.39 is 0 Å². The molecule has 0 aliphatic heterocycles. The number of rotatable bonds is 1. The van der Waals surface area contributed by atoms with Crippen LogP contribution in [0.25, 0.3) is 0 Å². The second kappa shape index (κ2) is 4.20. The minimum Gasteiger partial charge on any atom is -0.368 e. The Balaban J connectivity index is 2.90. The quantitative estimate of drug-likeness (QED) is 0.290. The van der Waals surface area contributed by atoms with Gasteiger partial charge in [-0.05, 0) is 18.2 Å². The Morgan fingerprint density at radius 3 is 2.62 bits per heavy atom. The van der Waals surface area contributed by atoms with Crippen molar-refractivity contribution < 1.29 is 0 Å². The van der Waals surface area contributed by atoms with E-state index >= 15 is 0 Å². The van der Waals surface area contributed by atoms with E-state index in [4.69, 9.17) is 34.8 Å². The van der Waals surface area contributed by atoms with Gasteiger partial charge in [0.1, 0.15) is 0 Å². The zero-order chi connectivity index (χ0) is 9.84. The molecule has 70 valence electrons. The van der Waals surface area contributed by atoms with E-state index in [0.29, 0.717) is 15.7 Å². The number of hydrazone groups is 1. The molecule has 0 saturated carbocycles. The van der Waals surface area contributed by atoms with Crippen LogP contribution < -0.4 is 16.9 Å². The summed E-state index contributed by atoms with van der Waals surface area (Å²) in [5.41, 5.74) is 5.94. The molecule has 0 aliphatic rings. The summed E-state index contributed by atoms with van der Waals surface area (Å²) in [7, 11) is 0. The molecule has 0 unspecified atom stereocenters. The van der Waals surface area contributed by atoms with Gasteiger partial charge in [-0.2, -0.15) is 0 Å². The number of nitrogens with zero attached hydrogens (tertiary/aromatic N) is 1. The van der Waals surface area contributed by atoms with E-state index in [0.717, 1.165) is 0 Å². The second-order valence-electron chi connectivity index (χ2n) is 2.26. The third-order valence-corrected chi connectivity index (χ3v) is 1.88. The SMILES string of the molecule is N/N=C(\N)Nc1ccc(Cl)cc1Cl. The third kappa shape index (κ3) is 2.68. The molecule has 5 N–H and O–H groups in total. The van der Waals surface area contributed by atoms with Crippen molar-refractivity contribution in [2.75, 3.05) is 5.32 Å². The number of anilines is 1. The molecule has 4 nitrogen and oxygen atoms in total. The van der Waals surface area contributed by atoms with Gasteiger partial charge in [0.15, 0.2) is 0 Å². The highest BCUT2D eigenvalue weighted by Crippen LogP contribution is 2.24. The molecule has 0 saturated heterocycles. The lowest BCUT2D eigenvalue weighted by Crippen LogP contribution is -2.24. The fourth-order valence-corrected chi connectivity index (χ4v) is 1.22. The van der Waals surface area contributed by atoms with Gasteiger partial charge in [-0.15, -0.1) is 5.10 Å². The number of hydrogen-bond acceptors (Lipinski definition) is 2. The molecule has 0 aliphatic carbocycles. The van der Waals surface area contributed by atoms with Crippen molar-refractivity contribution in [2.24, 2.45) is 16.7 Å². The summed E-state index contributed by atoms with van der Waals surface area (Å²) in [6, 6.07) is 4.96. The van der Waals surface area contributed by atoms with Crippen LogP contribution in [0.4, 0.5) is 5.69 Å². The van der Waals surface area contributed by atoms with Crippen molar-refractivity contribution in [3.05, 3.63) is 28.2 Å². The minimum atomic E-state index is 0.0872. The molecule has 0 aromatic heterocycles. The number of nitrogens with two attached hydrogens (primary N) is 2. The van der Waals surface area contributed by atoms with Crippen molar-refractivity contribution in [3.8, 4) is 0 Å². The smallest absolute Gasteiger partial charge is 0.215 e. The lowest BCUT2D eigenvalue weighted by molar-refractivity contribution is 1.22. The van der Waals surface area contributed by atoms with Crippen LogP contribution in [-0.2, 0) is 0 Å². The molecular formula is C7H8Cl2N4. The molecule has 0 bridgehead atoms. The van der Waals surface area contributed by atoms with Gasteiger partial charge in [0, 0.05) is 5.02 Å². The van der Waals surface area contributed by atoms with Gasteiger partial charge < -0.3 is 16.9 Å². The van der Waals surface area contributed by atoms with Crippen LogP contribution in [0.15, 0.2) is 23.3 Å². The summed E-state index contributed by atoms with van der Waals surface area (Å²) >= 11 is 11.5. The molecule has 0 radical (unpaired) electrons. The normalized spacial score (nSPS) is 11.4. The van der Waals surface area contributed by atoms with E-state index in [9.17, 15) is 0 Å². The van der Waals surface area contributed by atoms with Crippen LogP contribution in [0, 0.1) is 0 Å². The Morgan fingerprint density at radius 1 is 1.38 bits per heavy atom. The summed E-state index contributed by atoms with van der Waals surface area (Å²) in [4.78, 5) is 0. The Labute approximate surface area is 85.5 Å². The van der Waals surface area contributed by atoms with Gasteiger partial charge in [0.05, 0.1) is 10.7 Å². The molecule has 6 heteroatoms. The van der Waals surface area contributed by atoms with Crippen LogP contribution in [-0.4, -0.2) is 5.96 Å². The van der Waals surface area contributed by atoms with Crippen LogP contribution in [0.2, 0.25) is 10.0 Å². The Morgan fingerprint density at radius 2 is 2.08 bits per heavy atom. The first-order valence-corrected chi connectivity index (χ1v) is 4.14. The molecule has 0 heterocycles. The lowest BCUT2D eigenvalue weighted by atomic mass is 10.3. The highest BCUT2D eigenvalue weighted by atomic mass is 35.5. The summed E-state index contributed by atoms with van der Waals surface area (Å²) in [6.45, 7) is 0. The fraction of sp³-hybridized carbons (Fsp3) is 0. The fourth-order valence-electron chi connectivity index (χ4n) is 0.761. The van der Waals surface area contributed by atoms with E-state index in [1.807, 2.05) is 0 Å². The van der Waals surface area contributed by atoms with Gasteiger partial charge in [0.25, 0.3) is 0 Å². The first-order chi connectivity index (χ1) is 6.13. The molecule has 1 rings (SSSR count). The number of benzene rings is 1. The van der Waals surface area contributed by atoms with E-state index in [1.165, 1.54) is 0 Å². The van der Waals surface area contributed by atoms with Gasteiger partial charge in [-0.25, -0.2) is 0 Å². The van der Waals surface area contributed by atoms with Crippen LogP contribution >= 0.6 is 23.2 Å². The maximum atomic E-state index is 5.83. The molecular weight excluding hydrogens is 211 g/mol. The predicted molar refractivity (Wildman–Crippen MR) is 55.9 cm³/mol. The minimum absolute atomic E-state index is 0.0872. The van der Waals surface area contributed by atoms with Crippen LogP contribution in [0.3, 0.4) is 0 Å². The van der Waals surface area contributed by atoms with Crippen molar-refractivity contribution in [1.82, 2.24) is 0 Å². The van der Waals surface area contributed by atoms with Gasteiger partial charge in [-0.3, -0.25) is 0 Å². The summed E-state index contributed by atoms with van der Waals surface area (Å²) in [5.74, 6) is 5.02. The summed E-state index contributed by atoms with van der Waals surface area (Å²) in [6.07, 6.45) is 0. The second-order valence-corrected chi connectivity index (χ2v) is 3.11. The molecule has 0 amide bonds. The topological polar surface area (TPSA) is 76.4 Å². The maximum Gasteiger partial charge on any atom is 0.215 e. The molecule has 13 heavy (non-hydrogen) atoms. The third-order valence-electron chi connectivity index (χ3n) is 1.33. The van der Waals surface area contributed by atoms with E-state index in [-0.39, 0.29) is 5.96 Å². The standard InChI is InChI=1S/C7H8Cl2N4/c8-4-1-2-6(5(9)3-4)12-7(10)13-11/h1-3H,11H2,(H3,10,12,13). The first-order valence-electron chi connectivity index (χ1n) is 3.39. The van der Waals surface area contributed by atoms with Crippen LogP contribution in [0.5, 0.6) is 0 Å². The van der Waals surface area contributed by atoms with Gasteiger partial charge in [0.2, 0.25) is 5.96 Å². The first kappa shape index (κ1) is 9.95. The maximum absolute atomic E-state index is 5.83. The number of halogens is 2. The average Bonchev–Trinajstić information content (AvgIpc) is 2.09. The Hall–Kier alpha value is -1.13. The van der Waals surface area contributed by atoms with Crippen molar-refractivity contribution >= 4 is 34.8 Å². The van der Waals surface area contributed by atoms with Gasteiger partial charge in [-0.1, -0.05) is 23.2 Å². The molecule has 1 aromatic rings. The number of hydrogen-bond donors (Lipinski definition) is 3. The Bertz CT molecular complexity index is 337. The lowest BCUT2D eigenvalue weighted by Gasteiger charge is -2.06. The zero-order valence-electron chi connectivity index (χ0n) is 6.59. The predicted octanol–water partition coefficient (Wildman–Crippen LogP) is 1.59. The van der Waals surface area contributed by atoms with Crippen molar-refractivity contribution in [1.29, 1.82) is 0 Å². The molecule has 0 atom stereocenters. The monoisotopic (exact) mass is 218 g/mol. The molecule has 0 spiro atoms. The van der Waals surface area contributed by atoms with Crippen molar-refractivity contribution in [3.63, 3.8) is 0 Å². The van der Waals surface area contributed by atoms with Crippen LogP contribution in [0.1, 0.15) is 0 Å². The highest BCUT2D eigenvalue weighted by molar-refractivity contribution is 6.36. The highest BCUT2D eigenvalue weighted by Gasteiger charge is 2.01. The molecule has 1 aromatic carbocycles. The van der Waals surface area contributed by atoms with Gasteiger partial charge >= 0.3 is 0 Å². The Kier molecular flexibility index (Phi) is 3.22. The molecule has 0 fully saturated rings. The largest absolute Gasteiger partial charge is 0.368 e. The average molecular weight is 219 g/mol. The summed E-state index contributed by atoms with van der Waals surface area (Å²) in [5, 5.41) is 6.95. The van der Waals surface area contributed by atoms with E-state index in [1.54, 1.807) is 18.2 Å². The summed E-state index contributed by atoms with van der Waals surface area (Å²) < 4.78 is 0. The number of nitrogens with one attached hydrogen (secondary N) is 1. The van der Waals surface area contributed by atoms with E-state index in [2.05, 4.69) is 10.4 Å².